The largest absolute Gasteiger partial charge is 0.315 e. The highest BCUT2D eigenvalue weighted by atomic mass is 79.9. The predicted molar refractivity (Wildman–Crippen MR) is 77.4 cm³/mol. The third-order valence-electron chi connectivity index (χ3n) is 2.56. The second-order valence-corrected chi connectivity index (χ2v) is 6.73. The lowest BCUT2D eigenvalue weighted by Gasteiger charge is -2.06. The Labute approximate surface area is 112 Å². The molecule has 0 amide bonds. The molecule has 0 radical (unpaired) electrons. The third-order valence-corrected chi connectivity index (χ3v) is 4.76. The van der Waals surface area contributed by atoms with E-state index in [1.54, 1.807) is 0 Å². The number of halogens is 1. The Kier molecular flexibility index (Phi) is 6.62. The zero-order valence-electron chi connectivity index (χ0n) is 10.5. The molecular weight excluding hydrogens is 282 g/mol. The number of nitrogens with one attached hydrogen (secondary N) is 1. The minimum atomic E-state index is 0.621. The summed E-state index contributed by atoms with van der Waals surface area (Å²) in [5, 5.41) is 3.45. The molecule has 0 unspecified atom stereocenters. The van der Waals surface area contributed by atoms with Gasteiger partial charge in [0, 0.05) is 20.3 Å². The molecular formula is C13H22BrNS. The van der Waals surface area contributed by atoms with E-state index in [1.807, 2.05) is 11.3 Å². The van der Waals surface area contributed by atoms with Gasteiger partial charge in [0.05, 0.1) is 0 Å². The van der Waals surface area contributed by atoms with Crippen LogP contribution in [0.1, 0.15) is 42.9 Å². The molecule has 1 rings (SSSR count). The normalized spacial score (nSPS) is 11.3. The highest BCUT2D eigenvalue weighted by Crippen LogP contribution is 2.27. The van der Waals surface area contributed by atoms with Gasteiger partial charge in [0.15, 0.2) is 0 Å². The van der Waals surface area contributed by atoms with Crippen molar-refractivity contribution in [3.05, 3.63) is 20.3 Å². The fourth-order valence-electron chi connectivity index (χ4n) is 1.63. The van der Waals surface area contributed by atoms with Gasteiger partial charge in [-0.25, -0.2) is 0 Å². The first kappa shape index (κ1) is 14.2. The second-order valence-electron chi connectivity index (χ2n) is 4.54. The van der Waals surface area contributed by atoms with Gasteiger partial charge in [-0.3, -0.25) is 0 Å². The van der Waals surface area contributed by atoms with E-state index in [1.165, 1.54) is 39.9 Å². The molecule has 0 aliphatic rings. The first-order valence-corrected chi connectivity index (χ1v) is 7.68. The lowest BCUT2D eigenvalue weighted by Crippen LogP contribution is -2.23. The minimum Gasteiger partial charge on any atom is -0.315 e. The summed E-state index contributed by atoms with van der Waals surface area (Å²) in [7, 11) is 0. The van der Waals surface area contributed by atoms with E-state index in [2.05, 4.69) is 48.1 Å². The maximum atomic E-state index is 3.57. The van der Waals surface area contributed by atoms with E-state index >= 15 is 0 Å². The van der Waals surface area contributed by atoms with Gasteiger partial charge in [0.25, 0.3) is 0 Å². The molecule has 1 nitrogen and oxygen atoms in total. The molecule has 0 saturated heterocycles. The zero-order valence-corrected chi connectivity index (χ0v) is 12.9. The van der Waals surface area contributed by atoms with E-state index in [-0.39, 0.29) is 0 Å². The monoisotopic (exact) mass is 303 g/mol. The third kappa shape index (κ3) is 5.46. The minimum absolute atomic E-state index is 0.621. The second kappa shape index (κ2) is 7.46. The van der Waals surface area contributed by atoms with Gasteiger partial charge < -0.3 is 5.32 Å². The van der Waals surface area contributed by atoms with E-state index < -0.39 is 0 Å². The Balaban J connectivity index is 2.07. The maximum Gasteiger partial charge on any atom is 0.0314 e. The summed E-state index contributed by atoms with van der Waals surface area (Å²) in [5.41, 5.74) is 0. The molecule has 0 aromatic carbocycles. The molecule has 0 aliphatic carbocycles. The summed E-state index contributed by atoms with van der Waals surface area (Å²) in [4.78, 5) is 2.91. The van der Waals surface area contributed by atoms with E-state index in [4.69, 9.17) is 0 Å². The summed E-state index contributed by atoms with van der Waals surface area (Å²) in [6, 6.07) is 2.89. The molecule has 1 aromatic heterocycles. The van der Waals surface area contributed by atoms with Gasteiger partial charge in [-0.15, -0.1) is 11.3 Å². The van der Waals surface area contributed by atoms with E-state index in [9.17, 15) is 0 Å². The van der Waals surface area contributed by atoms with Crippen molar-refractivity contribution in [3.63, 3.8) is 0 Å². The van der Waals surface area contributed by atoms with Crippen LogP contribution < -0.4 is 5.32 Å². The molecule has 1 aromatic rings. The SMILES string of the molecule is Cc1sc(CCCCCNC(C)C)cc1Br. The Morgan fingerprint density at radius 2 is 2.06 bits per heavy atom. The van der Waals surface area contributed by atoms with Crippen LogP contribution in [0, 0.1) is 6.92 Å². The summed E-state index contributed by atoms with van der Waals surface area (Å²) >= 11 is 5.49. The van der Waals surface area contributed by atoms with Crippen LogP contribution in [-0.4, -0.2) is 12.6 Å². The van der Waals surface area contributed by atoms with Crippen molar-refractivity contribution in [3.8, 4) is 0 Å². The molecule has 1 N–H and O–H groups in total. The number of thiophene rings is 1. The summed E-state index contributed by atoms with van der Waals surface area (Å²) in [5.74, 6) is 0. The average Bonchev–Trinajstić information content (AvgIpc) is 2.52. The first-order chi connectivity index (χ1) is 7.59. The molecule has 0 atom stereocenters. The smallest absolute Gasteiger partial charge is 0.0314 e. The van der Waals surface area contributed by atoms with Crippen LogP contribution in [0.4, 0.5) is 0 Å². The average molecular weight is 304 g/mol. The van der Waals surface area contributed by atoms with Crippen LogP contribution in [-0.2, 0) is 6.42 Å². The fourth-order valence-corrected chi connectivity index (χ4v) is 3.28. The number of aryl methyl sites for hydroxylation is 2. The van der Waals surface area contributed by atoms with Crippen LogP contribution in [0.15, 0.2) is 10.5 Å². The molecule has 0 saturated carbocycles. The summed E-state index contributed by atoms with van der Waals surface area (Å²) < 4.78 is 1.27. The molecule has 0 bridgehead atoms. The van der Waals surface area contributed by atoms with Gasteiger partial charge in [-0.05, 0) is 54.7 Å². The van der Waals surface area contributed by atoms with Crippen LogP contribution >= 0.6 is 27.3 Å². The van der Waals surface area contributed by atoms with Crippen molar-refractivity contribution in [2.24, 2.45) is 0 Å². The first-order valence-electron chi connectivity index (χ1n) is 6.08. The summed E-state index contributed by atoms with van der Waals surface area (Å²) in [6.07, 6.45) is 5.17. The molecule has 0 spiro atoms. The van der Waals surface area contributed by atoms with Gasteiger partial charge in [-0.2, -0.15) is 0 Å². The van der Waals surface area contributed by atoms with Crippen LogP contribution in [0.5, 0.6) is 0 Å². The Morgan fingerprint density at radius 3 is 2.62 bits per heavy atom. The zero-order chi connectivity index (χ0) is 12.0. The fraction of sp³-hybridized carbons (Fsp3) is 0.692. The number of hydrogen-bond acceptors (Lipinski definition) is 2. The molecule has 3 heteroatoms. The standard InChI is InChI=1S/C13H22BrNS/c1-10(2)15-8-6-4-5-7-12-9-13(14)11(3)16-12/h9-10,15H,4-8H2,1-3H3. The molecule has 92 valence electrons. The maximum absolute atomic E-state index is 3.57. The van der Waals surface area contributed by atoms with Crippen molar-refractivity contribution in [1.29, 1.82) is 0 Å². The summed E-state index contributed by atoms with van der Waals surface area (Å²) in [6.45, 7) is 7.73. The van der Waals surface area contributed by atoms with Gasteiger partial charge in [0.1, 0.15) is 0 Å². The molecule has 0 fully saturated rings. The van der Waals surface area contributed by atoms with Crippen molar-refractivity contribution < 1.29 is 0 Å². The quantitative estimate of drug-likeness (QED) is 0.730. The van der Waals surface area contributed by atoms with E-state index in [0.29, 0.717) is 6.04 Å². The van der Waals surface area contributed by atoms with Crippen molar-refractivity contribution in [2.75, 3.05) is 6.54 Å². The Bertz CT molecular complexity index is 287. The van der Waals surface area contributed by atoms with Crippen molar-refractivity contribution >= 4 is 27.3 Å². The number of unbranched alkanes of at least 4 members (excludes halogenated alkanes) is 2. The highest BCUT2D eigenvalue weighted by molar-refractivity contribution is 9.10. The molecule has 1 heterocycles. The lowest BCUT2D eigenvalue weighted by molar-refractivity contribution is 0.549. The highest BCUT2D eigenvalue weighted by Gasteiger charge is 2.02. The van der Waals surface area contributed by atoms with Crippen LogP contribution in [0.25, 0.3) is 0 Å². The van der Waals surface area contributed by atoms with Crippen molar-refractivity contribution in [1.82, 2.24) is 5.32 Å². The predicted octanol–water partition coefficient (Wildman–Crippen LogP) is 4.53. The Hall–Kier alpha value is 0.140. The molecule has 16 heavy (non-hydrogen) atoms. The van der Waals surface area contributed by atoms with Gasteiger partial charge in [-0.1, -0.05) is 20.3 Å². The van der Waals surface area contributed by atoms with E-state index in [0.717, 1.165) is 6.54 Å². The van der Waals surface area contributed by atoms with Gasteiger partial charge in [0.2, 0.25) is 0 Å². The van der Waals surface area contributed by atoms with Crippen LogP contribution in [0.3, 0.4) is 0 Å². The van der Waals surface area contributed by atoms with Crippen molar-refractivity contribution in [2.45, 2.75) is 52.5 Å². The Morgan fingerprint density at radius 1 is 1.31 bits per heavy atom. The number of rotatable bonds is 7. The molecule has 0 aliphatic heterocycles. The van der Waals surface area contributed by atoms with Crippen LogP contribution in [0.2, 0.25) is 0 Å². The topological polar surface area (TPSA) is 12.0 Å². The number of hydrogen-bond donors (Lipinski definition) is 1. The van der Waals surface area contributed by atoms with Gasteiger partial charge >= 0.3 is 0 Å². The lowest BCUT2D eigenvalue weighted by atomic mass is 10.1.